The van der Waals surface area contributed by atoms with Gasteiger partial charge in [-0.15, -0.1) is 0 Å². The van der Waals surface area contributed by atoms with E-state index in [0.717, 1.165) is 0 Å². The van der Waals surface area contributed by atoms with Crippen LogP contribution in [0.25, 0.3) is 0 Å². The van der Waals surface area contributed by atoms with Gasteiger partial charge in [0.25, 0.3) is 5.69 Å². The fourth-order valence-corrected chi connectivity index (χ4v) is 0.550. The Morgan fingerprint density at radius 3 is 2.00 bits per heavy atom. The minimum atomic E-state index is -0.417. The van der Waals surface area contributed by atoms with Gasteiger partial charge in [0.2, 0.25) is 0 Å². The van der Waals surface area contributed by atoms with Gasteiger partial charge in [0.1, 0.15) is 0 Å². The standard InChI is InChI=1S/C6H5NO2.K.H/c8-7(9)6-4-2-1-3-5-6;;/h1-5H;;. The predicted octanol–water partition coefficient (Wildman–Crippen LogP) is 0.946. The average Bonchev–Trinajstić information content (AvgIpc) is 1.90. The zero-order valence-electron chi connectivity index (χ0n) is 4.65. The van der Waals surface area contributed by atoms with E-state index in [1.165, 1.54) is 12.1 Å². The van der Waals surface area contributed by atoms with E-state index >= 15 is 0 Å². The van der Waals surface area contributed by atoms with Crippen molar-refractivity contribution in [3.8, 4) is 0 Å². The number of nitro groups is 1. The Kier molecular flexibility index (Phi) is 5.11. The van der Waals surface area contributed by atoms with Crippen molar-refractivity contribution >= 4 is 57.1 Å². The quantitative estimate of drug-likeness (QED) is 0.351. The third kappa shape index (κ3) is 2.89. The molecule has 1 aromatic rings. The number of non-ortho nitro benzene ring substituents is 1. The van der Waals surface area contributed by atoms with Crippen molar-refractivity contribution in [2.24, 2.45) is 0 Å². The third-order valence-electron chi connectivity index (χ3n) is 0.967. The Labute approximate surface area is 101 Å². The molecule has 0 amide bonds. The van der Waals surface area contributed by atoms with Gasteiger partial charge < -0.3 is 0 Å². The molecule has 0 fully saturated rings. The van der Waals surface area contributed by atoms with Crippen LogP contribution < -0.4 is 0 Å². The van der Waals surface area contributed by atoms with Gasteiger partial charge in [0.15, 0.2) is 0 Å². The summed E-state index contributed by atoms with van der Waals surface area (Å²) in [5.74, 6) is 0. The summed E-state index contributed by atoms with van der Waals surface area (Å²) < 4.78 is 0. The number of hydrogen-bond acceptors (Lipinski definition) is 2. The SMILES string of the molecule is O=[N+]([O-])c1ccccc1.[KH]. The Morgan fingerprint density at radius 2 is 1.70 bits per heavy atom. The number of benzene rings is 1. The Hall–Kier alpha value is 0.256. The second-order valence-corrected chi connectivity index (χ2v) is 1.59. The molecule has 0 aliphatic carbocycles. The van der Waals surface area contributed by atoms with Crippen LogP contribution in [0.15, 0.2) is 30.3 Å². The summed E-state index contributed by atoms with van der Waals surface area (Å²) >= 11 is 0. The molecule has 0 saturated heterocycles. The van der Waals surface area contributed by atoms with E-state index in [1.807, 2.05) is 0 Å². The molecule has 4 heteroatoms. The fraction of sp³-hybridized carbons (Fsp3) is 0. The first kappa shape index (κ1) is 10.3. The fourth-order valence-electron chi connectivity index (χ4n) is 0.550. The molecule has 1 aromatic carbocycles. The van der Waals surface area contributed by atoms with Crippen molar-refractivity contribution in [3.63, 3.8) is 0 Å². The second kappa shape index (κ2) is 4.98. The second-order valence-electron chi connectivity index (χ2n) is 1.59. The first-order valence-corrected chi connectivity index (χ1v) is 2.50. The van der Waals surface area contributed by atoms with Gasteiger partial charge in [0, 0.05) is 12.1 Å². The van der Waals surface area contributed by atoms with E-state index < -0.39 is 4.92 Å². The van der Waals surface area contributed by atoms with Crippen molar-refractivity contribution < 1.29 is 4.92 Å². The van der Waals surface area contributed by atoms with E-state index in [-0.39, 0.29) is 57.1 Å². The van der Waals surface area contributed by atoms with E-state index in [4.69, 9.17) is 0 Å². The van der Waals surface area contributed by atoms with Crippen LogP contribution in [0.3, 0.4) is 0 Å². The van der Waals surface area contributed by atoms with E-state index in [9.17, 15) is 10.1 Å². The molecule has 0 spiro atoms. The van der Waals surface area contributed by atoms with Crippen LogP contribution in [0.2, 0.25) is 0 Å². The maximum atomic E-state index is 10.0. The van der Waals surface area contributed by atoms with Crippen LogP contribution in [0.5, 0.6) is 0 Å². The van der Waals surface area contributed by atoms with Crippen LogP contribution in [0.1, 0.15) is 0 Å². The topological polar surface area (TPSA) is 43.1 Å². The van der Waals surface area contributed by atoms with Crippen LogP contribution in [0, 0.1) is 10.1 Å². The molecule has 0 bridgehead atoms. The molecule has 0 aromatic heterocycles. The van der Waals surface area contributed by atoms with Gasteiger partial charge >= 0.3 is 51.4 Å². The summed E-state index contributed by atoms with van der Waals surface area (Å²) in [6, 6.07) is 7.93. The molecule has 3 nitrogen and oxygen atoms in total. The number of hydrogen-bond donors (Lipinski definition) is 0. The molecule has 0 atom stereocenters. The predicted molar refractivity (Wildman–Crippen MR) is 40.2 cm³/mol. The molecule has 0 aliphatic heterocycles. The third-order valence-corrected chi connectivity index (χ3v) is 0.967. The summed E-state index contributed by atoms with van der Waals surface area (Å²) in [6.45, 7) is 0. The Balaban J connectivity index is 0.000000810. The summed E-state index contributed by atoms with van der Waals surface area (Å²) in [7, 11) is 0. The first-order valence-electron chi connectivity index (χ1n) is 2.50. The van der Waals surface area contributed by atoms with Gasteiger partial charge in [-0.05, 0) is 0 Å². The van der Waals surface area contributed by atoms with E-state index in [0.29, 0.717) is 0 Å². The number of para-hydroxylation sites is 1. The van der Waals surface area contributed by atoms with Crippen LogP contribution in [-0.4, -0.2) is 56.3 Å². The van der Waals surface area contributed by atoms with Gasteiger partial charge in [-0.2, -0.15) is 0 Å². The van der Waals surface area contributed by atoms with Crippen molar-refractivity contribution in [2.45, 2.75) is 0 Å². The molecule has 10 heavy (non-hydrogen) atoms. The Bertz CT molecular complexity index is 212. The maximum absolute atomic E-state index is 10.0. The molecule has 0 heterocycles. The monoisotopic (exact) mass is 163 g/mol. The summed E-state index contributed by atoms with van der Waals surface area (Å²) in [4.78, 5) is 9.59. The first-order chi connectivity index (χ1) is 4.30. The molecule has 0 N–H and O–H groups in total. The number of nitro benzene ring substituents is 1. The summed E-state index contributed by atoms with van der Waals surface area (Å²) in [5, 5.41) is 10.0. The average molecular weight is 163 g/mol. The molecular formula is C6H6KNO2. The molecule has 0 radical (unpaired) electrons. The molecule has 0 unspecified atom stereocenters. The zero-order chi connectivity index (χ0) is 6.69. The van der Waals surface area contributed by atoms with Crippen molar-refractivity contribution in [3.05, 3.63) is 40.4 Å². The Morgan fingerprint density at radius 1 is 1.20 bits per heavy atom. The molecule has 1 rings (SSSR count). The van der Waals surface area contributed by atoms with Crippen molar-refractivity contribution in [1.29, 1.82) is 0 Å². The van der Waals surface area contributed by atoms with E-state index in [1.54, 1.807) is 18.2 Å². The van der Waals surface area contributed by atoms with Crippen molar-refractivity contribution in [1.82, 2.24) is 0 Å². The van der Waals surface area contributed by atoms with Crippen LogP contribution in [0.4, 0.5) is 5.69 Å². The normalized spacial score (nSPS) is 8.00. The van der Waals surface area contributed by atoms with Crippen LogP contribution >= 0.6 is 0 Å². The summed E-state index contributed by atoms with van der Waals surface area (Å²) in [5.41, 5.74) is 0.137. The number of nitrogens with zero attached hydrogens (tertiary/aromatic N) is 1. The zero-order valence-corrected chi connectivity index (χ0v) is 4.65. The van der Waals surface area contributed by atoms with Gasteiger partial charge in [0.05, 0.1) is 4.92 Å². The van der Waals surface area contributed by atoms with E-state index in [2.05, 4.69) is 0 Å². The van der Waals surface area contributed by atoms with Crippen LogP contribution in [-0.2, 0) is 0 Å². The molecule has 48 valence electrons. The van der Waals surface area contributed by atoms with Gasteiger partial charge in [-0.1, -0.05) is 18.2 Å². The number of rotatable bonds is 1. The molecule has 0 aliphatic rings. The molecule has 0 saturated carbocycles. The minimum absolute atomic E-state index is 0. The van der Waals surface area contributed by atoms with Crippen molar-refractivity contribution in [2.75, 3.05) is 0 Å². The summed E-state index contributed by atoms with van der Waals surface area (Å²) in [6.07, 6.45) is 0. The molecular weight excluding hydrogens is 157 g/mol. The van der Waals surface area contributed by atoms with Gasteiger partial charge in [-0.25, -0.2) is 0 Å². The van der Waals surface area contributed by atoms with Gasteiger partial charge in [-0.3, -0.25) is 10.1 Å².